The predicted molar refractivity (Wildman–Crippen MR) is 178 cm³/mol. The van der Waals surface area contributed by atoms with Crippen molar-refractivity contribution in [2.24, 2.45) is 0 Å². The Kier molecular flexibility index (Phi) is 8.93. The molecular formula is C33H32Cl2F4N6O4. The van der Waals surface area contributed by atoms with E-state index in [2.05, 4.69) is 16.5 Å². The van der Waals surface area contributed by atoms with Gasteiger partial charge in [-0.25, -0.2) is 14.4 Å². The van der Waals surface area contributed by atoms with Gasteiger partial charge in [0, 0.05) is 36.5 Å². The minimum Gasteiger partial charge on any atom is -0.486 e. The van der Waals surface area contributed by atoms with Crippen LogP contribution in [-0.4, -0.2) is 62.2 Å². The molecule has 260 valence electrons. The van der Waals surface area contributed by atoms with Crippen LogP contribution in [0.1, 0.15) is 69.1 Å². The second-order valence-electron chi connectivity index (χ2n) is 12.7. The molecule has 1 fully saturated rings. The summed E-state index contributed by atoms with van der Waals surface area (Å²) in [6.07, 6.45) is -1.46. The summed E-state index contributed by atoms with van der Waals surface area (Å²) in [5.41, 5.74) is -3.41. The van der Waals surface area contributed by atoms with E-state index in [9.17, 15) is 14.4 Å². The Balaban J connectivity index is 1.82. The van der Waals surface area contributed by atoms with Crippen LogP contribution in [0.3, 0.4) is 0 Å². The van der Waals surface area contributed by atoms with Gasteiger partial charge in [-0.2, -0.15) is 13.2 Å². The van der Waals surface area contributed by atoms with E-state index in [1.165, 1.54) is 12.4 Å². The molecule has 0 spiro atoms. The Hall–Kier alpha value is -4.17. The molecule has 2 aliphatic heterocycles. The fourth-order valence-corrected chi connectivity index (χ4v) is 7.38. The van der Waals surface area contributed by atoms with Crippen LogP contribution < -0.4 is 20.8 Å². The molecule has 49 heavy (non-hydrogen) atoms. The van der Waals surface area contributed by atoms with E-state index in [1.807, 2.05) is 27.7 Å². The van der Waals surface area contributed by atoms with Crippen molar-refractivity contribution < 1.29 is 27.1 Å². The van der Waals surface area contributed by atoms with E-state index in [4.69, 9.17) is 27.9 Å². The molecule has 3 aromatic rings. The molecule has 0 aromatic carbocycles. The third kappa shape index (κ3) is 5.62. The average Bonchev–Trinajstić information content (AvgIpc) is 3.18. The van der Waals surface area contributed by atoms with Gasteiger partial charge in [0.05, 0.1) is 40.4 Å². The Morgan fingerprint density at radius 3 is 2.27 bits per heavy atom. The molecule has 0 saturated carbocycles. The predicted octanol–water partition coefficient (Wildman–Crippen LogP) is 6.29. The van der Waals surface area contributed by atoms with E-state index in [-0.39, 0.29) is 71.1 Å². The number of alkyl halides is 3. The first-order chi connectivity index (χ1) is 23.1. The summed E-state index contributed by atoms with van der Waals surface area (Å²) in [7, 11) is 0. The first kappa shape index (κ1) is 34.7. The van der Waals surface area contributed by atoms with Gasteiger partial charge in [-0.15, -0.1) is 0 Å². The quantitative estimate of drug-likeness (QED) is 0.225. The summed E-state index contributed by atoms with van der Waals surface area (Å²) < 4.78 is 67.9. The molecule has 0 N–H and O–H groups in total. The highest BCUT2D eigenvalue weighted by atomic mass is 35.5. The number of halogens is 6. The molecule has 0 unspecified atom stereocenters. The van der Waals surface area contributed by atoms with Crippen molar-refractivity contribution in [1.82, 2.24) is 24.0 Å². The fourth-order valence-electron chi connectivity index (χ4n) is 6.80. The topological polar surface area (TPSA) is 103 Å². The van der Waals surface area contributed by atoms with Gasteiger partial charge in [0.15, 0.2) is 0 Å². The molecule has 3 aliphatic rings. The SMILES string of the molecule is C=CC(=O)N1CCN2c3c(c(=O)n(-c4c(C(C)C)ncnc4C(C)C)c4c(=O)n([C@H]5C(Cl)=CC(Cl)=C5F)c(C(F)(F)F)cc34)OCC[C@H]2C1. The van der Waals surface area contributed by atoms with Crippen LogP contribution in [-0.2, 0) is 11.0 Å². The third-order valence-electron chi connectivity index (χ3n) is 9.00. The molecule has 5 heterocycles. The Morgan fingerprint density at radius 2 is 1.71 bits per heavy atom. The number of anilines is 1. The van der Waals surface area contributed by atoms with Gasteiger partial charge in [-0.3, -0.25) is 23.5 Å². The van der Waals surface area contributed by atoms with Crippen molar-refractivity contribution in [1.29, 1.82) is 0 Å². The Bertz CT molecular complexity index is 2060. The molecule has 0 bridgehead atoms. The van der Waals surface area contributed by atoms with Gasteiger partial charge in [-0.05, 0) is 30.1 Å². The average molecular weight is 724 g/mol. The molecule has 10 nitrogen and oxygen atoms in total. The highest BCUT2D eigenvalue weighted by Gasteiger charge is 2.44. The van der Waals surface area contributed by atoms with Crippen molar-refractivity contribution >= 4 is 45.7 Å². The van der Waals surface area contributed by atoms with Crippen molar-refractivity contribution in [3.63, 3.8) is 0 Å². The summed E-state index contributed by atoms with van der Waals surface area (Å²) in [5, 5.41) is -1.28. The molecule has 3 aromatic heterocycles. The number of rotatable bonds is 5. The molecule has 2 atom stereocenters. The first-order valence-corrected chi connectivity index (χ1v) is 16.4. The minimum atomic E-state index is -5.20. The van der Waals surface area contributed by atoms with Crippen molar-refractivity contribution in [3.05, 3.63) is 84.8 Å². The van der Waals surface area contributed by atoms with Gasteiger partial charge in [0.25, 0.3) is 11.1 Å². The van der Waals surface area contributed by atoms with E-state index in [1.54, 1.807) is 9.80 Å². The van der Waals surface area contributed by atoms with Crippen molar-refractivity contribution in [2.75, 3.05) is 31.1 Å². The number of nitrogens with zero attached hydrogens (tertiary/aromatic N) is 6. The van der Waals surface area contributed by atoms with E-state index in [0.29, 0.717) is 17.8 Å². The number of allylic oxidation sites excluding steroid dienone is 4. The zero-order valence-corrected chi connectivity index (χ0v) is 28.5. The van der Waals surface area contributed by atoms with Crippen LogP contribution >= 0.6 is 23.2 Å². The standard InChI is InChI=1S/C33H32Cl2F4N6O4/c1-6-22(46)42-8-9-43-17(13-42)7-10-49-30-26(43)18-11-21(33(37,38)39)44(28-20(35)12-19(34)23(28)36)31(47)27(18)45(32(30)48)29-24(15(2)3)40-14-41-25(29)16(4)5/h6,11-12,14-17,28H,1,7-10,13H2,2-5H3/t17-,28-/m0/s1. The number of aromatic nitrogens is 4. The maximum absolute atomic E-state index is 15.5. The normalized spacial score (nSPS) is 19.6. The van der Waals surface area contributed by atoms with E-state index in [0.717, 1.165) is 16.7 Å². The van der Waals surface area contributed by atoms with Crippen LogP contribution in [0.25, 0.3) is 16.6 Å². The van der Waals surface area contributed by atoms with Crippen molar-refractivity contribution in [2.45, 2.75) is 64.2 Å². The van der Waals surface area contributed by atoms with Crippen LogP contribution in [0.15, 0.2) is 56.6 Å². The number of carbonyl (C=O) groups excluding carboxylic acids is 1. The first-order valence-electron chi connectivity index (χ1n) is 15.6. The van der Waals surface area contributed by atoms with Crippen molar-refractivity contribution in [3.8, 4) is 11.4 Å². The Labute approximate surface area is 287 Å². The number of pyridine rings is 2. The smallest absolute Gasteiger partial charge is 0.431 e. The molecule has 1 amide bonds. The zero-order valence-electron chi connectivity index (χ0n) is 26.9. The van der Waals surface area contributed by atoms with E-state index >= 15 is 17.6 Å². The molecule has 6 rings (SSSR count). The van der Waals surface area contributed by atoms with Gasteiger partial charge >= 0.3 is 6.18 Å². The number of amides is 1. The summed E-state index contributed by atoms with van der Waals surface area (Å²) in [6, 6.07) is -1.81. The number of piperazine rings is 1. The van der Waals surface area contributed by atoms with E-state index < -0.39 is 56.5 Å². The number of carbonyl (C=O) groups is 1. The van der Waals surface area contributed by atoms with Gasteiger partial charge < -0.3 is 14.5 Å². The summed E-state index contributed by atoms with van der Waals surface area (Å²) in [5.74, 6) is -2.53. The van der Waals surface area contributed by atoms with Crippen LogP contribution in [0, 0.1) is 0 Å². The maximum Gasteiger partial charge on any atom is 0.431 e. The zero-order chi connectivity index (χ0) is 35.7. The lowest BCUT2D eigenvalue weighted by molar-refractivity contribution is -0.144. The molecule has 1 aliphatic carbocycles. The van der Waals surface area contributed by atoms with Crippen LogP contribution in [0.2, 0.25) is 0 Å². The lowest BCUT2D eigenvalue weighted by Crippen LogP contribution is -2.54. The molecular weight excluding hydrogens is 691 g/mol. The largest absolute Gasteiger partial charge is 0.486 e. The van der Waals surface area contributed by atoms with Gasteiger partial charge in [0.1, 0.15) is 29.4 Å². The third-order valence-corrected chi connectivity index (χ3v) is 9.61. The molecule has 0 radical (unpaired) electrons. The lowest BCUT2D eigenvalue weighted by atomic mass is 10.00. The van der Waals surface area contributed by atoms with Crippen LogP contribution in [0.4, 0.5) is 23.2 Å². The molecule has 16 heteroatoms. The monoisotopic (exact) mass is 722 g/mol. The summed E-state index contributed by atoms with van der Waals surface area (Å²) in [6.45, 7) is 11.2. The molecule has 1 saturated heterocycles. The minimum absolute atomic E-state index is 0.00935. The second-order valence-corrected chi connectivity index (χ2v) is 13.5. The second kappa shape index (κ2) is 12.6. The summed E-state index contributed by atoms with van der Waals surface area (Å²) in [4.78, 5) is 54.3. The fraction of sp³-hybridized carbons (Fsp3) is 0.424. The highest BCUT2D eigenvalue weighted by molar-refractivity contribution is 6.36. The van der Waals surface area contributed by atoms with Crippen LogP contribution in [0.5, 0.6) is 5.75 Å². The van der Waals surface area contributed by atoms with Gasteiger partial charge in [0.2, 0.25) is 11.7 Å². The number of hydrogen-bond acceptors (Lipinski definition) is 7. The summed E-state index contributed by atoms with van der Waals surface area (Å²) >= 11 is 12.2. The number of ether oxygens (including phenoxy) is 1. The number of fused-ring (bicyclic) bond motifs is 5. The lowest BCUT2D eigenvalue weighted by Gasteiger charge is -2.42. The number of hydrogen-bond donors (Lipinski definition) is 0. The maximum atomic E-state index is 15.5. The Morgan fingerprint density at radius 1 is 1.06 bits per heavy atom. The van der Waals surface area contributed by atoms with Gasteiger partial charge in [-0.1, -0.05) is 57.5 Å². The highest BCUT2D eigenvalue weighted by Crippen LogP contribution is 2.46.